The van der Waals surface area contributed by atoms with Crippen LogP contribution in [0.4, 0.5) is 0 Å². The molecular weight excluding hydrogens is 248 g/mol. The van der Waals surface area contributed by atoms with Crippen LogP contribution in [0.2, 0.25) is 0 Å². The minimum Gasteiger partial charge on any atom is -0.375 e. The molecule has 0 spiro atoms. The number of unbranched alkanes of at least 4 members (excludes halogenated alkanes) is 5. The summed E-state index contributed by atoms with van der Waals surface area (Å²) in [5, 5.41) is 3.29. The van der Waals surface area contributed by atoms with Crippen LogP contribution < -0.4 is 5.32 Å². The monoisotopic (exact) mass is 278 g/mol. The minimum atomic E-state index is 0.634. The number of nitrogens with one attached hydrogen (secondary N) is 1. The molecule has 0 aliphatic rings. The Balaban J connectivity index is 2.09. The molecule has 1 N–H and O–H groups in total. The molecule has 0 bridgehead atoms. The second kappa shape index (κ2) is 11.9. The van der Waals surface area contributed by atoms with Crippen molar-refractivity contribution in [3.63, 3.8) is 0 Å². The third kappa shape index (κ3) is 8.28. The molecule has 0 amide bonds. The minimum absolute atomic E-state index is 0.634. The van der Waals surface area contributed by atoms with Gasteiger partial charge in [-0.05, 0) is 25.1 Å². The Labute approximate surface area is 124 Å². The van der Waals surface area contributed by atoms with E-state index in [0.29, 0.717) is 6.61 Å². The summed E-state index contributed by atoms with van der Waals surface area (Å²) < 4.78 is 5.70. The molecule has 1 rings (SSSR count). The topological polar surface area (TPSA) is 34.1 Å². The van der Waals surface area contributed by atoms with Gasteiger partial charge in [0.15, 0.2) is 0 Å². The first-order valence-electron chi connectivity index (χ1n) is 8.10. The fourth-order valence-electron chi connectivity index (χ4n) is 2.12. The first-order valence-corrected chi connectivity index (χ1v) is 8.10. The molecule has 1 aromatic rings. The van der Waals surface area contributed by atoms with E-state index in [0.717, 1.165) is 31.1 Å². The van der Waals surface area contributed by atoms with Crippen LogP contribution in [0.25, 0.3) is 0 Å². The number of aromatic nitrogens is 1. The Morgan fingerprint density at radius 2 is 1.75 bits per heavy atom. The fourth-order valence-corrected chi connectivity index (χ4v) is 2.12. The molecule has 0 fully saturated rings. The number of ether oxygens (including phenoxy) is 1. The summed E-state index contributed by atoms with van der Waals surface area (Å²) in [5.41, 5.74) is 2.12. The van der Waals surface area contributed by atoms with Crippen molar-refractivity contribution in [3.05, 3.63) is 29.6 Å². The van der Waals surface area contributed by atoms with Gasteiger partial charge < -0.3 is 10.1 Å². The zero-order valence-corrected chi connectivity index (χ0v) is 13.2. The Hall–Kier alpha value is -0.930. The third-order valence-electron chi connectivity index (χ3n) is 3.31. The first-order chi connectivity index (χ1) is 9.86. The summed E-state index contributed by atoms with van der Waals surface area (Å²) in [6.45, 7) is 7.65. The van der Waals surface area contributed by atoms with Crippen molar-refractivity contribution < 1.29 is 4.74 Å². The van der Waals surface area contributed by atoms with Crippen molar-refractivity contribution in [3.8, 4) is 0 Å². The van der Waals surface area contributed by atoms with E-state index in [1.54, 1.807) is 0 Å². The molecular formula is C17H30N2O. The molecule has 0 aliphatic heterocycles. The molecule has 1 aromatic heterocycles. The van der Waals surface area contributed by atoms with E-state index in [2.05, 4.69) is 36.3 Å². The fraction of sp³-hybridized carbons (Fsp3) is 0.706. The normalized spacial score (nSPS) is 10.9. The van der Waals surface area contributed by atoms with Crippen molar-refractivity contribution >= 4 is 0 Å². The van der Waals surface area contributed by atoms with Gasteiger partial charge >= 0.3 is 0 Å². The number of pyridine rings is 1. The lowest BCUT2D eigenvalue weighted by atomic mass is 10.1. The van der Waals surface area contributed by atoms with Crippen molar-refractivity contribution in [2.75, 3.05) is 13.2 Å². The Morgan fingerprint density at radius 1 is 1.00 bits per heavy atom. The van der Waals surface area contributed by atoms with E-state index in [-0.39, 0.29) is 0 Å². The summed E-state index contributed by atoms with van der Waals surface area (Å²) in [6, 6.07) is 6.15. The zero-order valence-electron chi connectivity index (χ0n) is 13.2. The van der Waals surface area contributed by atoms with Crippen LogP contribution in [0.5, 0.6) is 0 Å². The lowest BCUT2D eigenvalue weighted by Gasteiger charge is -2.06. The molecule has 0 radical (unpaired) electrons. The van der Waals surface area contributed by atoms with Crippen LogP contribution in [-0.2, 0) is 17.9 Å². The van der Waals surface area contributed by atoms with E-state index in [9.17, 15) is 0 Å². The second-order valence-corrected chi connectivity index (χ2v) is 5.22. The Bertz CT molecular complexity index is 342. The quantitative estimate of drug-likeness (QED) is 0.585. The molecule has 114 valence electrons. The van der Waals surface area contributed by atoms with Crippen LogP contribution in [0, 0.1) is 0 Å². The molecule has 0 unspecified atom stereocenters. The SMILES string of the molecule is CCCCCCCCOCc1cccc(CNCC)n1. The van der Waals surface area contributed by atoms with Crippen LogP contribution in [0.15, 0.2) is 18.2 Å². The highest BCUT2D eigenvalue weighted by Crippen LogP contribution is 2.06. The van der Waals surface area contributed by atoms with Gasteiger partial charge in [-0.3, -0.25) is 4.98 Å². The molecule has 0 saturated carbocycles. The molecule has 0 saturated heterocycles. The molecule has 0 aliphatic carbocycles. The maximum atomic E-state index is 5.70. The first kappa shape index (κ1) is 17.1. The average Bonchev–Trinajstić information content (AvgIpc) is 2.48. The van der Waals surface area contributed by atoms with Gasteiger partial charge in [0, 0.05) is 13.2 Å². The zero-order chi connectivity index (χ0) is 14.5. The van der Waals surface area contributed by atoms with Gasteiger partial charge in [-0.15, -0.1) is 0 Å². The highest BCUT2D eigenvalue weighted by Gasteiger charge is 1.98. The van der Waals surface area contributed by atoms with Gasteiger partial charge in [-0.25, -0.2) is 0 Å². The molecule has 1 heterocycles. The lowest BCUT2D eigenvalue weighted by molar-refractivity contribution is 0.114. The van der Waals surface area contributed by atoms with Crippen molar-refractivity contribution in [1.82, 2.24) is 10.3 Å². The number of hydrogen-bond acceptors (Lipinski definition) is 3. The van der Waals surface area contributed by atoms with Gasteiger partial charge in [-0.1, -0.05) is 52.0 Å². The standard InChI is InChI=1S/C17H30N2O/c1-3-5-6-7-8-9-13-20-15-17-12-10-11-16(19-17)14-18-4-2/h10-12,18H,3-9,13-15H2,1-2H3. The number of hydrogen-bond donors (Lipinski definition) is 1. The van der Waals surface area contributed by atoms with Gasteiger partial charge in [0.2, 0.25) is 0 Å². The molecule has 3 nitrogen and oxygen atoms in total. The number of rotatable bonds is 12. The Morgan fingerprint density at radius 3 is 2.55 bits per heavy atom. The van der Waals surface area contributed by atoms with Crippen molar-refractivity contribution in [2.24, 2.45) is 0 Å². The van der Waals surface area contributed by atoms with E-state index < -0.39 is 0 Å². The average molecular weight is 278 g/mol. The van der Waals surface area contributed by atoms with Gasteiger partial charge in [-0.2, -0.15) is 0 Å². The van der Waals surface area contributed by atoms with Gasteiger partial charge in [0.1, 0.15) is 0 Å². The predicted molar refractivity (Wildman–Crippen MR) is 84.6 cm³/mol. The number of nitrogens with zero attached hydrogens (tertiary/aromatic N) is 1. The van der Waals surface area contributed by atoms with E-state index in [1.807, 2.05) is 6.07 Å². The summed E-state index contributed by atoms with van der Waals surface area (Å²) in [5.74, 6) is 0. The summed E-state index contributed by atoms with van der Waals surface area (Å²) in [4.78, 5) is 4.58. The Kier molecular flexibility index (Phi) is 10.2. The van der Waals surface area contributed by atoms with E-state index in [1.165, 1.54) is 38.5 Å². The van der Waals surface area contributed by atoms with Crippen LogP contribution in [-0.4, -0.2) is 18.1 Å². The molecule has 0 atom stereocenters. The van der Waals surface area contributed by atoms with E-state index in [4.69, 9.17) is 4.74 Å². The lowest BCUT2D eigenvalue weighted by Crippen LogP contribution is -2.13. The van der Waals surface area contributed by atoms with Crippen molar-refractivity contribution in [2.45, 2.75) is 65.5 Å². The van der Waals surface area contributed by atoms with Crippen molar-refractivity contribution in [1.29, 1.82) is 0 Å². The molecule has 20 heavy (non-hydrogen) atoms. The maximum Gasteiger partial charge on any atom is 0.0887 e. The predicted octanol–water partition coefficient (Wildman–Crippen LogP) is 4.07. The van der Waals surface area contributed by atoms with Crippen LogP contribution >= 0.6 is 0 Å². The summed E-state index contributed by atoms with van der Waals surface area (Å²) in [7, 11) is 0. The molecule has 0 aromatic carbocycles. The summed E-state index contributed by atoms with van der Waals surface area (Å²) >= 11 is 0. The summed E-state index contributed by atoms with van der Waals surface area (Å²) in [6.07, 6.45) is 7.83. The second-order valence-electron chi connectivity index (χ2n) is 5.22. The van der Waals surface area contributed by atoms with E-state index >= 15 is 0 Å². The molecule has 3 heteroatoms. The van der Waals surface area contributed by atoms with Crippen LogP contribution in [0.1, 0.15) is 63.8 Å². The van der Waals surface area contributed by atoms with Crippen LogP contribution in [0.3, 0.4) is 0 Å². The largest absolute Gasteiger partial charge is 0.375 e. The van der Waals surface area contributed by atoms with Gasteiger partial charge in [0.05, 0.1) is 18.0 Å². The smallest absolute Gasteiger partial charge is 0.0887 e. The highest BCUT2D eigenvalue weighted by molar-refractivity contribution is 5.10. The maximum absolute atomic E-state index is 5.70. The highest BCUT2D eigenvalue weighted by atomic mass is 16.5. The third-order valence-corrected chi connectivity index (χ3v) is 3.31. The van der Waals surface area contributed by atoms with Gasteiger partial charge in [0.25, 0.3) is 0 Å².